The van der Waals surface area contributed by atoms with E-state index in [1.807, 2.05) is 12.1 Å². The van der Waals surface area contributed by atoms with Crippen LogP contribution in [0.15, 0.2) is 22.7 Å². The van der Waals surface area contributed by atoms with Crippen LogP contribution < -0.4 is 15.2 Å². The zero-order valence-corrected chi connectivity index (χ0v) is 12.2. The average molecular weight is 289 g/mol. The van der Waals surface area contributed by atoms with Crippen molar-refractivity contribution in [2.24, 2.45) is 11.7 Å². The van der Waals surface area contributed by atoms with E-state index in [2.05, 4.69) is 10.1 Å². The van der Waals surface area contributed by atoms with Crippen LogP contribution in [0.3, 0.4) is 0 Å². The Labute approximate surface area is 123 Å². The van der Waals surface area contributed by atoms with Crippen molar-refractivity contribution < 1.29 is 14.0 Å². The monoisotopic (exact) mass is 289 g/mol. The van der Waals surface area contributed by atoms with Gasteiger partial charge in [-0.3, -0.25) is 0 Å². The zero-order valence-electron chi connectivity index (χ0n) is 12.2. The maximum atomic E-state index is 6.08. The molecule has 3 rings (SSSR count). The normalized spacial score (nSPS) is 15.8. The predicted molar refractivity (Wildman–Crippen MR) is 77.2 cm³/mol. The Kier molecular flexibility index (Phi) is 3.79. The van der Waals surface area contributed by atoms with Crippen LogP contribution in [0.25, 0.3) is 11.4 Å². The SMILES string of the molecule is COc1cc(OC)cc(-c2noc(CC(N)C3CC3)n2)c1. The Hall–Kier alpha value is -2.08. The smallest absolute Gasteiger partial charge is 0.228 e. The molecule has 2 aromatic rings. The highest BCUT2D eigenvalue weighted by Crippen LogP contribution is 2.33. The number of methoxy groups -OCH3 is 2. The number of benzene rings is 1. The lowest BCUT2D eigenvalue weighted by molar-refractivity contribution is 0.363. The number of hydrogen-bond donors (Lipinski definition) is 1. The van der Waals surface area contributed by atoms with E-state index >= 15 is 0 Å². The van der Waals surface area contributed by atoms with Gasteiger partial charge in [0.15, 0.2) is 0 Å². The lowest BCUT2D eigenvalue weighted by Crippen LogP contribution is -2.25. The fourth-order valence-electron chi connectivity index (χ4n) is 2.28. The summed E-state index contributed by atoms with van der Waals surface area (Å²) in [6.07, 6.45) is 3.03. The molecule has 1 aromatic heterocycles. The molecular weight excluding hydrogens is 270 g/mol. The third-order valence-corrected chi connectivity index (χ3v) is 3.72. The van der Waals surface area contributed by atoms with Crippen molar-refractivity contribution in [1.29, 1.82) is 0 Å². The van der Waals surface area contributed by atoms with Gasteiger partial charge in [0, 0.05) is 24.1 Å². The molecule has 1 saturated carbocycles. The summed E-state index contributed by atoms with van der Waals surface area (Å²) in [5.74, 6) is 3.07. The fourth-order valence-corrected chi connectivity index (χ4v) is 2.28. The van der Waals surface area contributed by atoms with Gasteiger partial charge in [0.1, 0.15) is 11.5 Å². The molecule has 1 aliphatic carbocycles. The molecule has 112 valence electrons. The van der Waals surface area contributed by atoms with Gasteiger partial charge in [-0.1, -0.05) is 5.16 Å². The molecule has 0 aliphatic heterocycles. The first-order valence-electron chi connectivity index (χ1n) is 7.01. The topological polar surface area (TPSA) is 83.4 Å². The van der Waals surface area contributed by atoms with Crippen molar-refractivity contribution in [2.75, 3.05) is 14.2 Å². The Morgan fingerprint density at radius 1 is 1.24 bits per heavy atom. The predicted octanol–water partition coefficient (Wildman–Crippen LogP) is 2.03. The Balaban J connectivity index is 1.81. The second-order valence-electron chi connectivity index (χ2n) is 5.32. The minimum absolute atomic E-state index is 0.109. The highest BCUT2D eigenvalue weighted by molar-refractivity contribution is 5.60. The van der Waals surface area contributed by atoms with E-state index in [-0.39, 0.29) is 6.04 Å². The van der Waals surface area contributed by atoms with Gasteiger partial charge in [0.2, 0.25) is 11.7 Å². The molecule has 0 amide bonds. The van der Waals surface area contributed by atoms with Crippen LogP contribution >= 0.6 is 0 Å². The van der Waals surface area contributed by atoms with E-state index in [0.717, 1.165) is 5.56 Å². The quantitative estimate of drug-likeness (QED) is 0.876. The summed E-state index contributed by atoms with van der Waals surface area (Å²) in [6, 6.07) is 5.60. The van der Waals surface area contributed by atoms with Crippen molar-refractivity contribution in [3.63, 3.8) is 0 Å². The van der Waals surface area contributed by atoms with Crippen molar-refractivity contribution in [3.05, 3.63) is 24.1 Å². The van der Waals surface area contributed by atoms with Crippen molar-refractivity contribution >= 4 is 0 Å². The molecule has 6 heteroatoms. The number of ether oxygens (including phenoxy) is 2. The van der Waals surface area contributed by atoms with Crippen molar-refractivity contribution in [3.8, 4) is 22.9 Å². The second-order valence-corrected chi connectivity index (χ2v) is 5.32. The molecule has 1 heterocycles. The van der Waals surface area contributed by atoms with Crippen LogP contribution in [0.4, 0.5) is 0 Å². The van der Waals surface area contributed by atoms with Gasteiger partial charge >= 0.3 is 0 Å². The molecule has 21 heavy (non-hydrogen) atoms. The Bertz CT molecular complexity index is 600. The molecule has 2 N–H and O–H groups in total. The molecule has 1 atom stereocenters. The number of aromatic nitrogens is 2. The van der Waals surface area contributed by atoms with E-state index in [9.17, 15) is 0 Å². The summed E-state index contributed by atoms with van der Waals surface area (Å²) in [5.41, 5.74) is 6.88. The molecule has 0 radical (unpaired) electrons. The van der Waals surface area contributed by atoms with E-state index in [1.165, 1.54) is 12.8 Å². The van der Waals surface area contributed by atoms with Crippen LogP contribution in [-0.2, 0) is 6.42 Å². The van der Waals surface area contributed by atoms with Gasteiger partial charge in [-0.25, -0.2) is 0 Å². The van der Waals surface area contributed by atoms with Crippen LogP contribution in [0.1, 0.15) is 18.7 Å². The second kappa shape index (κ2) is 5.73. The molecule has 1 aliphatic rings. The van der Waals surface area contributed by atoms with Gasteiger partial charge < -0.3 is 19.7 Å². The van der Waals surface area contributed by atoms with E-state index in [4.69, 9.17) is 19.7 Å². The number of nitrogens with two attached hydrogens (primary N) is 1. The van der Waals surface area contributed by atoms with Crippen molar-refractivity contribution in [2.45, 2.75) is 25.3 Å². The number of rotatable bonds is 6. The molecule has 0 saturated heterocycles. The summed E-state index contributed by atoms with van der Waals surface area (Å²) in [7, 11) is 3.21. The highest BCUT2D eigenvalue weighted by Gasteiger charge is 2.29. The third-order valence-electron chi connectivity index (χ3n) is 3.72. The molecule has 0 spiro atoms. The van der Waals surface area contributed by atoms with Crippen LogP contribution in [0.2, 0.25) is 0 Å². The van der Waals surface area contributed by atoms with Crippen LogP contribution in [0, 0.1) is 5.92 Å². The maximum Gasteiger partial charge on any atom is 0.228 e. The average Bonchev–Trinajstić information content (AvgIpc) is 3.27. The lowest BCUT2D eigenvalue weighted by atomic mass is 10.1. The van der Waals surface area contributed by atoms with Gasteiger partial charge in [0.05, 0.1) is 14.2 Å². The number of nitrogens with zero attached hydrogens (tertiary/aromatic N) is 2. The van der Waals surface area contributed by atoms with E-state index in [1.54, 1.807) is 20.3 Å². The minimum Gasteiger partial charge on any atom is -0.497 e. The lowest BCUT2D eigenvalue weighted by Gasteiger charge is -2.06. The van der Waals surface area contributed by atoms with E-state index in [0.29, 0.717) is 35.6 Å². The largest absolute Gasteiger partial charge is 0.497 e. The fraction of sp³-hybridized carbons (Fsp3) is 0.467. The van der Waals surface area contributed by atoms with Crippen LogP contribution in [0.5, 0.6) is 11.5 Å². The number of hydrogen-bond acceptors (Lipinski definition) is 6. The molecule has 6 nitrogen and oxygen atoms in total. The third kappa shape index (κ3) is 3.16. The summed E-state index contributed by atoms with van der Waals surface area (Å²) in [6.45, 7) is 0. The first-order valence-corrected chi connectivity index (χ1v) is 7.01. The van der Waals surface area contributed by atoms with Gasteiger partial charge in [-0.15, -0.1) is 0 Å². The molecule has 1 unspecified atom stereocenters. The zero-order chi connectivity index (χ0) is 14.8. The van der Waals surface area contributed by atoms with Gasteiger partial charge in [-0.2, -0.15) is 4.98 Å². The Morgan fingerprint density at radius 3 is 2.48 bits per heavy atom. The summed E-state index contributed by atoms with van der Waals surface area (Å²) in [4.78, 5) is 4.41. The summed E-state index contributed by atoms with van der Waals surface area (Å²) >= 11 is 0. The van der Waals surface area contributed by atoms with E-state index < -0.39 is 0 Å². The molecule has 1 aromatic carbocycles. The Morgan fingerprint density at radius 2 is 1.90 bits per heavy atom. The molecule has 1 fully saturated rings. The molecular formula is C15H19N3O3. The maximum absolute atomic E-state index is 6.08. The first kappa shape index (κ1) is 13.9. The summed E-state index contributed by atoms with van der Waals surface area (Å²) < 4.78 is 15.8. The van der Waals surface area contributed by atoms with Crippen molar-refractivity contribution in [1.82, 2.24) is 10.1 Å². The minimum atomic E-state index is 0.109. The van der Waals surface area contributed by atoms with Gasteiger partial charge in [0.25, 0.3) is 0 Å². The standard InChI is InChI=1S/C15H19N3O3/c1-19-11-5-10(6-12(7-11)20-2)15-17-14(21-18-15)8-13(16)9-3-4-9/h5-7,9,13H,3-4,8,16H2,1-2H3. The summed E-state index contributed by atoms with van der Waals surface area (Å²) in [5, 5.41) is 4.02. The first-order chi connectivity index (χ1) is 10.2. The van der Waals surface area contributed by atoms with Crippen LogP contribution in [-0.4, -0.2) is 30.4 Å². The van der Waals surface area contributed by atoms with Gasteiger partial charge in [-0.05, 0) is 30.9 Å². The highest BCUT2D eigenvalue weighted by atomic mass is 16.5. The molecule has 0 bridgehead atoms.